The largest absolute Gasteiger partial charge is 0.507 e. The zero-order chi connectivity index (χ0) is 35.4. The van der Waals surface area contributed by atoms with Gasteiger partial charge in [0.25, 0.3) is 5.69 Å². The summed E-state index contributed by atoms with van der Waals surface area (Å²) in [5.74, 6) is -4.02. The number of aliphatic hydroxyl groups is 3. The topological polar surface area (TPSA) is 235 Å². The van der Waals surface area contributed by atoms with Gasteiger partial charge in [-0.25, -0.2) is 0 Å². The van der Waals surface area contributed by atoms with Crippen molar-refractivity contribution in [3.8, 4) is 17.2 Å². The minimum Gasteiger partial charge on any atom is -0.507 e. The number of carbonyl (C=O) groups is 3. The molecular formula is C34H35ClN2O13. The van der Waals surface area contributed by atoms with Crippen molar-refractivity contribution in [2.75, 3.05) is 13.7 Å². The van der Waals surface area contributed by atoms with Crippen LogP contribution in [0.15, 0.2) is 42.5 Å². The number of para-hydroxylation sites is 1. The lowest BCUT2D eigenvalue weighted by atomic mass is 9.72. The van der Waals surface area contributed by atoms with Crippen molar-refractivity contribution in [1.29, 1.82) is 0 Å². The molecule has 3 aromatic carbocycles. The maximum atomic E-state index is 13.9. The highest BCUT2D eigenvalue weighted by atomic mass is 35.5. The number of phenolic OH excluding ortho intramolecular Hbond substituents is 2. The molecular weight excluding hydrogens is 680 g/mol. The smallest absolute Gasteiger partial charge is 0.273 e. The molecule has 15 nitrogen and oxygen atoms in total. The summed E-state index contributed by atoms with van der Waals surface area (Å²) in [6.45, 7) is 0.508. The zero-order valence-electron chi connectivity index (χ0n) is 26.8. The number of Topliss-reactive ketones (excluding diaryl/α,β-unsaturated/α-hetero) is 1. The number of rotatable bonds is 9. The number of ketones is 3. The van der Waals surface area contributed by atoms with Crippen LogP contribution in [0.1, 0.15) is 74.4 Å². The maximum Gasteiger partial charge on any atom is 0.273 e. The number of methoxy groups -OCH3 is 1. The molecule has 0 radical (unpaired) electrons. The average molecular weight is 715 g/mol. The standard InChI is InChI=1S/C34H34N2O13.ClH/c1-15-29(39)19(35-13-16-6-3-4-8-20(16)36(45)46)10-24(48-15)49-22-12-34(44,23(38)14-37)11-18-26(22)33(43)28-27(31(18)41)30(40)17-7-5-9-21(47-2)25(17)32(28)42;/h3-9,15,19,22,24,29,35,37,39,41,43-44H,10-14H2,1-2H3;1H/t15-,19-,22-,24-,29+,34-;/m0./s1. The molecule has 0 saturated carbocycles. The van der Waals surface area contributed by atoms with Gasteiger partial charge in [0.1, 0.15) is 29.5 Å². The molecule has 16 heteroatoms. The van der Waals surface area contributed by atoms with Crippen LogP contribution in [0.3, 0.4) is 0 Å². The van der Waals surface area contributed by atoms with Gasteiger partial charge in [-0.05, 0) is 13.0 Å². The van der Waals surface area contributed by atoms with E-state index < -0.39 is 101 Å². The third-order valence-electron chi connectivity index (χ3n) is 9.50. The Balaban J connectivity index is 0.00000486. The molecule has 0 aromatic heterocycles. The molecule has 0 spiro atoms. The predicted octanol–water partition coefficient (Wildman–Crippen LogP) is 2.16. The van der Waals surface area contributed by atoms with Crippen molar-refractivity contribution in [2.45, 2.75) is 69.0 Å². The van der Waals surface area contributed by atoms with Crippen LogP contribution in [-0.2, 0) is 27.2 Å². The van der Waals surface area contributed by atoms with Crippen LogP contribution in [0.5, 0.6) is 17.2 Å². The number of aliphatic hydroxyl groups excluding tert-OH is 2. The normalized spacial score (nSPS) is 25.5. The first-order valence-electron chi connectivity index (χ1n) is 15.5. The number of ether oxygens (including phenoxy) is 3. The molecule has 1 saturated heterocycles. The summed E-state index contributed by atoms with van der Waals surface area (Å²) in [6, 6.07) is 9.68. The molecule has 1 aliphatic heterocycles. The molecule has 0 unspecified atom stereocenters. The van der Waals surface area contributed by atoms with Crippen molar-refractivity contribution in [3.63, 3.8) is 0 Å². The van der Waals surface area contributed by atoms with Crippen LogP contribution < -0.4 is 10.1 Å². The Hall–Kier alpha value is -4.48. The first-order valence-corrected chi connectivity index (χ1v) is 15.5. The third kappa shape index (κ3) is 6.11. The fraction of sp³-hybridized carbons (Fsp3) is 0.382. The van der Waals surface area contributed by atoms with Crippen LogP contribution in [0.4, 0.5) is 5.69 Å². The SMILES string of the molecule is COc1cccc2c1C(=O)c1c(O)c3c(c(O)c1C2=O)C[C@@](O)(C(=O)CO)C[C@@H]3O[C@H]1C[C@H](NCc2ccccc2[N+](=O)[O-])[C@H](O)[C@H](C)O1.Cl. The molecule has 3 aliphatic rings. The Bertz CT molecular complexity index is 1880. The molecule has 6 rings (SSSR count). The number of nitrogens with zero attached hydrogens (tertiary/aromatic N) is 1. The fourth-order valence-electron chi connectivity index (χ4n) is 7.00. The van der Waals surface area contributed by atoms with Crippen molar-refractivity contribution in [2.24, 2.45) is 0 Å². The highest BCUT2D eigenvalue weighted by molar-refractivity contribution is 6.31. The minimum absolute atomic E-state index is 0. The fourth-order valence-corrected chi connectivity index (χ4v) is 7.00. The van der Waals surface area contributed by atoms with Crippen molar-refractivity contribution in [3.05, 3.63) is 91.5 Å². The van der Waals surface area contributed by atoms with Gasteiger partial charge in [0, 0.05) is 60.2 Å². The van der Waals surface area contributed by atoms with Crippen LogP contribution in [0.2, 0.25) is 0 Å². The molecule has 1 heterocycles. The quantitative estimate of drug-likeness (QED) is 0.0828. The molecule has 0 amide bonds. The molecule has 1 fully saturated rings. The lowest BCUT2D eigenvalue weighted by molar-refractivity contribution is -0.385. The molecule has 50 heavy (non-hydrogen) atoms. The van der Waals surface area contributed by atoms with E-state index in [0.717, 1.165) is 0 Å². The van der Waals surface area contributed by atoms with Gasteiger partial charge >= 0.3 is 0 Å². The molecule has 0 bridgehead atoms. The maximum absolute atomic E-state index is 13.9. The second kappa shape index (κ2) is 14.0. The lowest BCUT2D eigenvalue weighted by Gasteiger charge is -2.43. The Morgan fingerprint density at radius 1 is 1.08 bits per heavy atom. The number of nitro groups is 1. The van der Waals surface area contributed by atoms with Crippen molar-refractivity contribution in [1.82, 2.24) is 5.32 Å². The molecule has 3 aromatic rings. The Morgan fingerprint density at radius 3 is 2.46 bits per heavy atom. The minimum atomic E-state index is -2.32. The highest BCUT2D eigenvalue weighted by Gasteiger charge is 2.50. The van der Waals surface area contributed by atoms with Gasteiger partial charge in [-0.2, -0.15) is 0 Å². The van der Waals surface area contributed by atoms with Crippen LogP contribution in [0, 0.1) is 10.1 Å². The summed E-state index contributed by atoms with van der Waals surface area (Å²) in [5, 5.41) is 69.9. The molecule has 2 aliphatic carbocycles. The molecule has 6 N–H and O–H groups in total. The van der Waals surface area contributed by atoms with Crippen LogP contribution >= 0.6 is 12.4 Å². The predicted molar refractivity (Wildman–Crippen MR) is 175 cm³/mol. The lowest BCUT2D eigenvalue weighted by Crippen LogP contribution is -2.54. The number of halogens is 1. The number of carbonyl (C=O) groups excluding carboxylic acids is 3. The summed E-state index contributed by atoms with van der Waals surface area (Å²) >= 11 is 0. The zero-order valence-corrected chi connectivity index (χ0v) is 27.6. The number of aromatic hydroxyl groups is 2. The van der Waals surface area contributed by atoms with E-state index in [9.17, 15) is 50.0 Å². The van der Waals surface area contributed by atoms with Gasteiger partial charge in [0.15, 0.2) is 17.9 Å². The second-order valence-electron chi connectivity index (χ2n) is 12.4. The Kier molecular flexibility index (Phi) is 10.3. The number of nitro benzene ring substituents is 1. The van der Waals surface area contributed by atoms with Gasteiger partial charge in [-0.1, -0.05) is 30.3 Å². The number of hydrogen-bond acceptors (Lipinski definition) is 14. The number of fused-ring (bicyclic) bond motifs is 3. The summed E-state index contributed by atoms with van der Waals surface area (Å²) in [4.78, 5) is 51.4. The molecule has 266 valence electrons. The van der Waals surface area contributed by atoms with E-state index in [2.05, 4.69) is 5.32 Å². The number of nitrogens with one attached hydrogen (secondary N) is 1. The van der Waals surface area contributed by atoms with E-state index >= 15 is 0 Å². The number of phenols is 2. The van der Waals surface area contributed by atoms with E-state index in [4.69, 9.17) is 14.2 Å². The van der Waals surface area contributed by atoms with Gasteiger partial charge in [0.05, 0.1) is 47.0 Å². The van der Waals surface area contributed by atoms with Crippen molar-refractivity contribution < 1.29 is 59.1 Å². The summed E-state index contributed by atoms with van der Waals surface area (Å²) in [6.07, 6.45) is -5.77. The van der Waals surface area contributed by atoms with Crippen molar-refractivity contribution >= 4 is 35.4 Å². The Morgan fingerprint density at radius 2 is 1.78 bits per heavy atom. The van der Waals surface area contributed by atoms with Gasteiger partial charge < -0.3 is 45.1 Å². The van der Waals surface area contributed by atoms with E-state index in [-0.39, 0.29) is 59.1 Å². The van der Waals surface area contributed by atoms with E-state index in [1.54, 1.807) is 19.1 Å². The second-order valence-corrected chi connectivity index (χ2v) is 12.4. The Labute approximate surface area is 291 Å². The summed E-state index contributed by atoms with van der Waals surface area (Å²) < 4.78 is 17.4. The van der Waals surface area contributed by atoms with E-state index in [1.807, 2.05) is 0 Å². The van der Waals surface area contributed by atoms with Crippen LogP contribution in [0.25, 0.3) is 0 Å². The number of hydrogen-bond donors (Lipinski definition) is 6. The first-order chi connectivity index (χ1) is 23.3. The summed E-state index contributed by atoms with van der Waals surface area (Å²) in [5.41, 5.74) is -3.71. The average Bonchev–Trinajstić information content (AvgIpc) is 3.08. The van der Waals surface area contributed by atoms with E-state index in [1.165, 1.54) is 37.4 Å². The van der Waals surface area contributed by atoms with Gasteiger partial charge in [-0.15, -0.1) is 12.4 Å². The first kappa shape index (κ1) is 36.8. The van der Waals surface area contributed by atoms with Crippen LogP contribution in [-0.4, -0.2) is 91.7 Å². The monoisotopic (exact) mass is 714 g/mol. The van der Waals surface area contributed by atoms with Gasteiger partial charge in [-0.3, -0.25) is 24.5 Å². The third-order valence-corrected chi connectivity index (χ3v) is 9.50. The van der Waals surface area contributed by atoms with Gasteiger partial charge in [0.2, 0.25) is 5.78 Å². The summed E-state index contributed by atoms with van der Waals surface area (Å²) in [7, 11) is 1.31. The molecule has 6 atom stereocenters. The highest BCUT2D eigenvalue weighted by Crippen LogP contribution is 2.52. The number of benzene rings is 3. The van der Waals surface area contributed by atoms with E-state index in [0.29, 0.717) is 5.56 Å².